The predicted octanol–water partition coefficient (Wildman–Crippen LogP) is 4.28. The van der Waals surface area contributed by atoms with Crippen LogP contribution in [0.3, 0.4) is 0 Å². The average Bonchev–Trinajstić information content (AvgIpc) is 2.98. The first-order valence-electron chi connectivity index (χ1n) is 9.75. The van der Waals surface area contributed by atoms with Gasteiger partial charge in [0.1, 0.15) is 0 Å². The summed E-state index contributed by atoms with van der Waals surface area (Å²) in [5, 5.41) is 0. The van der Waals surface area contributed by atoms with E-state index in [1.807, 2.05) is 0 Å². The molecular weight excluding hydrogens is 316 g/mol. The van der Waals surface area contributed by atoms with Crippen molar-refractivity contribution in [3.05, 3.63) is 12.2 Å². The second kappa shape index (κ2) is 6.77. The Kier molecular flexibility index (Phi) is 5.00. The molecule has 0 N–H and O–H groups in total. The smallest absolute Gasteiger partial charge is 0.311 e. The Bertz CT molecular complexity index is 568. The molecule has 2 saturated carbocycles. The molecule has 0 aromatic carbocycles. The van der Waals surface area contributed by atoms with Crippen LogP contribution in [0.4, 0.5) is 0 Å². The molecule has 0 aromatic rings. The molecule has 1 heterocycles. The van der Waals surface area contributed by atoms with Crippen molar-refractivity contribution in [1.29, 1.82) is 0 Å². The number of rotatable bonds is 4. The van der Waals surface area contributed by atoms with Crippen molar-refractivity contribution in [1.82, 2.24) is 0 Å². The van der Waals surface area contributed by atoms with Crippen LogP contribution in [0, 0.1) is 28.6 Å². The molecule has 0 aromatic heterocycles. The van der Waals surface area contributed by atoms with E-state index in [0.717, 1.165) is 51.4 Å². The lowest BCUT2D eigenvalue weighted by molar-refractivity contribution is -0.168. The molecule has 3 aliphatic rings. The van der Waals surface area contributed by atoms with Crippen LogP contribution in [-0.2, 0) is 19.1 Å². The fourth-order valence-electron chi connectivity index (χ4n) is 6.13. The lowest BCUT2D eigenvalue weighted by Gasteiger charge is -2.57. The molecule has 1 saturated heterocycles. The summed E-state index contributed by atoms with van der Waals surface area (Å²) in [6.07, 6.45) is 7.78. The number of hydrogen-bond donors (Lipinski definition) is 0. The van der Waals surface area contributed by atoms with Gasteiger partial charge in [-0.25, -0.2) is 0 Å². The Morgan fingerprint density at radius 3 is 2.68 bits per heavy atom. The van der Waals surface area contributed by atoms with Gasteiger partial charge in [0.05, 0.1) is 25.0 Å². The van der Waals surface area contributed by atoms with Crippen molar-refractivity contribution in [2.45, 2.75) is 65.2 Å². The zero-order valence-corrected chi connectivity index (χ0v) is 15.9. The third-order valence-corrected chi connectivity index (χ3v) is 7.52. The molecule has 0 amide bonds. The van der Waals surface area contributed by atoms with Gasteiger partial charge in [0.15, 0.2) is 0 Å². The van der Waals surface area contributed by atoms with Gasteiger partial charge < -0.3 is 9.47 Å². The van der Waals surface area contributed by atoms with Gasteiger partial charge in [0.2, 0.25) is 0 Å². The second-order valence-electron chi connectivity index (χ2n) is 8.80. The number of methoxy groups -OCH3 is 1. The van der Waals surface area contributed by atoms with Crippen molar-refractivity contribution in [2.75, 3.05) is 13.7 Å². The molecule has 1 aliphatic heterocycles. The predicted molar refractivity (Wildman–Crippen MR) is 95.7 cm³/mol. The highest BCUT2D eigenvalue weighted by Gasteiger charge is 2.57. The first-order chi connectivity index (χ1) is 11.8. The van der Waals surface area contributed by atoms with E-state index in [1.54, 1.807) is 0 Å². The Balaban J connectivity index is 1.81. The fourth-order valence-corrected chi connectivity index (χ4v) is 6.13. The van der Waals surface area contributed by atoms with Crippen LogP contribution in [0.15, 0.2) is 12.2 Å². The highest BCUT2D eigenvalue weighted by molar-refractivity contribution is 5.77. The minimum atomic E-state index is -0.396. The van der Waals surface area contributed by atoms with E-state index in [-0.39, 0.29) is 23.3 Å². The summed E-state index contributed by atoms with van der Waals surface area (Å²) in [7, 11) is 1.50. The number of carbonyl (C=O) groups excluding carboxylic acids is 2. The highest BCUT2D eigenvalue weighted by atomic mass is 16.5. The van der Waals surface area contributed by atoms with E-state index < -0.39 is 5.41 Å². The largest absolute Gasteiger partial charge is 0.469 e. The quantitative estimate of drug-likeness (QED) is 0.562. The van der Waals surface area contributed by atoms with Crippen LogP contribution in [0.2, 0.25) is 0 Å². The van der Waals surface area contributed by atoms with Crippen LogP contribution in [0.25, 0.3) is 0 Å². The van der Waals surface area contributed by atoms with Gasteiger partial charge in [-0.2, -0.15) is 0 Å². The Morgan fingerprint density at radius 1 is 1.28 bits per heavy atom. The van der Waals surface area contributed by atoms with Gasteiger partial charge in [0.25, 0.3) is 0 Å². The molecular formula is C21H32O4. The maximum absolute atomic E-state index is 12.6. The van der Waals surface area contributed by atoms with Gasteiger partial charge in [-0.1, -0.05) is 25.5 Å². The minimum absolute atomic E-state index is 0.0360. The molecule has 3 rings (SSSR count). The standard InChI is InChI=1S/C21H32O4/c1-14-6-9-17-20(2,11-5-12-21(17,3)19(23)24-4)16(14)8-7-15-10-13-25-18(15)22/h15-17H,1,5-13H2,2-4H3/t15?,16-,17+,20+,21-/m0/s1. The van der Waals surface area contributed by atoms with E-state index in [9.17, 15) is 9.59 Å². The van der Waals surface area contributed by atoms with Crippen LogP contribution in [0.5, 0.6) is 0 Å². The number of hydrogen-bond acceptors (Lipinski definition) is 4. The first kappa shape index (κ1) is 18.5. The molecule has 0 radical (unpaired) electrons. The van der Waals surface area contributed by atoms with Crippen LogP contribution < -0.4 is 0 Å². The lowest BCUT2D eigenvalue weighted by atomic mass is 9.46. The highest BCUT2D eigenvalue weighted by Crippen LogP contribution is 2.62. The van der Waals surface area contributed by atoms with E-state index in [1.165, 1.54) is 12.7 Å². The van der Waals surface area contributed by atoms with Crippen molar-refractivity contribution in [2.24, 2.45) is 28.6 Å². The number of fused-ring (bicyclic) bond motifs is 1. The normalized spacial score (nSPS) is 41.2. The molecule has 25 heavy (non-hydrogen) atoms. The van der Waals surface area contributed by atoms with Crippen molar-refractivity contribution < 1.29 is 19.1 Å². The Morgan fingerprint density at radius 2 is 2.04 bits per heavy atom. The topological polar surface area (TPSA) is 52.6 Å². The number of esters is 2. The van der Waals surface area contributed by atoms with E-state index in [2.05, 4.69) is 20.4 Å². The molecule has 4 heteroatoms. The third kappa shape index (κ3) is 3.02. The maximum Gasteiger partial charge on any atom is 0.311 e. The third-order valence-electron chi connectivity index (χ3n) is 7.52. The molecule has 0 spiro atoms. The lowest BCUT2D eigenvalue weighted by Crippen LogP contribution is -2.53. The van der Waals surface area contributed by atoms with Crippen LogP contribution in [-0.4, -0.2) is 25.7 Å². The number of allylic oxidation sites excluding steroid dienone is 1. The monoisotopic (exact) mass is 348 g/mol. The second-order valence-corrected chi connectivity index (χ2v) is 8.80. The summed E-state index contributed by atoms with van der Waals surface area (Å²) in [6.45, 7) is 9.39. The molecule has 3 fully saturated rings. The van der Waals surface area contributed by atoms with Gasteiger partial charge in [-0.05, 0) is 69.1 Å². The zero-order valence-electron chi connectivity index (χ0n) is 15.9. The number of carbonyl (C=O) groups is 2. The number of ether oxygens (including phenoxy) is 2. The van der Waals surface area contributed by atoms with Crippen LogP contribution in [0.1, 0.15) is 65.2 Å². The molecule has 0 bridgehead atoms. The van der Waals surface area contributed by atoms with Gasteiger partial charge in [-0.3, -0.25) is 9.59 Å². The Labute approximate surface area is 151 Å². The average molecular weight is 348 g/mol. The summed E-state index contributed by atoms with van der Waals surface area (Å²) in [5.41, 5.74) is 0.977. The Hall–Kier alpha value is -1.32. The van der Waals surface area contributed by atoms with Gasteiger partial charge in [-0.15, -0.1) is 0 Å². The maximum atomic E-state index is 12.6. The summed E-state index contributed by atoms with van der Waals surface area (Å²) in [6, 6.07) is 0. The SMILES string of the molecule is C=C1CC[C@@H]2[C@](C)(CCC[C@]2(C)C(=O)OC)[C@H]1CCC1CCOC1=O. The van der Waals surface area contributed by atoms with Crippen molar-refractivity contribution in [3.63, 3.8) is 0 Å². The molecule has 2 aliphatic carbocycles. The summed E-state index contributed by atoms with van der Waals surface area (Å²) < 4.78 is 10.3. The molecule has 1 unspecified atom stereocenters. The minimum Gasteiger partial charge on any atom is -0.469 e. The molecule has 140 valence electrons. The van der Waals surface area contributed by atoms with E-state index in [4.69, 9.17) is 9.47 Å². The number of cyclic esters (lactones) is 1. The van der Waals surface area contributed by atoms with E-state index in [0.29, 0.717) is 18.4 Å². The van der Waals surface area contributed by atoms with Gasteiger partial charge >= 0.3 is 11.9 Å². The van der Waals surface area contributed by atoms with Crippen LogP contribution >= 0.6 is 0 Å². The molecule has 5 atom stereocenters. The van der Waals surface area contributed by atoms with Crippen molar-refractivity contribution in [3.8, 4) is 0 Å². The first-order valence-corrected chi connectivity index (χ1v) is 9.75. The summed E-state index contributed by atoms with van der Waals surface area (Å²) in [5.74, 6) is 0.656. The zero-order chi connectivity index (χ0) is 18.2. The fraction of sp³-hybridized carbons (Fsp3) is 0.810. The van der Waals surface area contributed by atoms with Gasteiger partial charge in [0, 0.05) is 0 Å². The van der Waals surface area contributed by atoms with E-state index >= 15 is 0 Å². The molecule has 4 nitrogen and oxygen atoms in total. The summed E-state index contributed by atoms with van der Waals surface area (Å²) >= 11 is 0. The summed E-state index contributed by atoms with van der Waals surface area (Å²) in [4.78, 5) is 24.4. The van der Waals surface area contributed by atoms with Crippen molar-refractivity contribution >= 4 is 11.9 Å².